The number of halogens is 1. The summed E-state index contributed by atoms with van der Waals surface area (Å²) in [6, 6.07) is 10.1. The number of phenols is 1. The summed E-state index contributed by atoms with van der Waals surface area (Å²) in [5, 5.41) is 21.1. The Kier molecular flexibility index (Phi) is 3.53. The minimum absolute atomic E-state index is 0.0925. The Balaban J connectivity index is 1.77. The number of aromatic nitrogens is 3. The maximum Gasteiger partial charge on any atom is 0.165 e. The molecule has 0 saturated carbocycles. The fraction of sp³-hybridized carbons (Fsp3) is 0.200. The van der Waals surface area contributed by atoms with Crippen molar-refractivity contribution in [3.63, 3.8) is 0 Å². The molecule has 2 aromatic heterocycles. The average molecular weight is 286 g/mol. The van der Waals surface area contributed by atoms with Crippen molar-refractivity contribution in [2.45, 2.75) is 19.5 Å². The average Bonchev–Trinajstić information content (AvgIpc) is 2.92. The molecule has 0 aliphatic carbocycles. The number of pyridine rings is 1. The van der Waals surface area contributed by atoms with E-state index in [2.05, 4.69) is 15.5 Å². The van der Waals surface area contributed by atoms with E-state index in [9.17, 15) is 9.50 Å². The molecule has 2 N–H and O–H groups in total. The molecule has 0 saturated heterocycles. The van der Waals surface area contributed by atoms with Gasteiger partial charge in [-0.25, -0.2) is 4.39 Å². The topological polar surface area (TPSA) is 62.5 Å². The number of para-hydroxylation sites is 1. The minimum atomic E-state index is -0.616. The van der Waals surface area contributed by atoms with E-state index in [0.29, 0.717) is 12.1 Å². The van der Waals surface area contributed by atoms with Gasteiger partial charge in [0.25, 0.3) is 0 Å². The van der Waals surface area contributed by atoms with Crippen LogP contribution in [0.3, 0.4) is 0 Å². The molecule has 3 aromatic rings. The number of phenolic OH excluding ortho intramolecular Hbond substituents is 1. The molecule has 0 amide bonds. The van der Waals surface area contributed by atoms with E-state index in [1.807, 2.05) is 35.7 Å². The third kappa shape index (κ3) is 2.57. The highest BCUT2D eigenvalue weighted by Gasteiger charge is 2.14. The Morgan fingerprint density at radius 3 is 2.95 bits per heavy atom. The van der Waals surface area contributed by atoms with Gasteiger partial charge in [0.2, 0.25) is 0 Å². The first-order chi connectivity index (χ1) is 10.2. The van der Waals surface area contributed by atoms with Gasteiger partial charge in [0.05, 0.1) is 6.04 Å². The smallest absolute Gasteiger partial charge is 0.165 e. The van der Waals surface area contributed by atoms with E-state index in [4.69, 9.17) is 0 Å². The summed E-state index contributed by atoms with van der Waals surface area (Å²) in [5.41, 5.74) is 1.28. The van der Waals surface area contributed by atoms with Crippen LogP contribution in [-0.4, -0.2) is 19.7 Å². The summed E-state index contributed by atoms with van der Waals surface area (Å²) in [6.07, 6.45) is 1.89. The van der Waals surface area contributed by atoms with Gasteiger partial charge in [0.1, 0.15) is 0 Å². The molecule has 21 heavy (non-hydrogen) atoms. The molecule has 0 aliphatic rings. The van der Waals surface area contributed by atoms with E-state index in [1.165, 1.54) is 6.07 Å². The number of aromatic hydroxyl groups is 1. The van der Waals surface area contributed by atoms with Gasteiger partial charge in [-0.15, -0.1) is 10.2 Å². The molecule has 0 radical (unpaired) electrons. The van der Waals surface area contributed by atoms with Crippen molar-refractivity contribution < 1.29 is 9.50 Å². The van der Waals surface area contributed by atoms with Crippen LogP contribution in [0, 0.1) is 5.82 Å². The van der Waals surface area contributed by atoms with Gasteiger partial charge in [-0.1, -0.05) is 18.2 Å². The predicted molar refractivity (Wildman–Crippen MR) is 76.3 cm³/mol. The molecule has 1 atom stereocenters. The van der Waals surface area contributed by atoms with Crippen molar-refractivity contribution in [1.82, 2.24) is 19.9 Å². The molecule has 0 bridgehead atoms. The van der Waals surface area contributed by atoms with Crippen molar-refractivity contribution in [3.05, 3.63) is 59.8 Å². The molecule has 1 aromatic carbocycles. The van der Waals surface area contributed by atoms with Crippen molar-refractivity contribution in [2.24, 2.45) is 0 Å². The van der Waals surface area contributed by atoms with E-state index >= 15 is 0 Å². The third-order valence-electron chi connectivity index (χ3n) is 3.40. The summed E-state index contributed by atoms with van der Waals surface area (Å²) in [7, 11) is 0. The van der Waals surface area contributed by atoms with Crippen LogP contribution in [0.5, 0.6) is 5.75 Å². The number of fused-ring (bicyclic) bond motifs is 1. The number of rotatable bonds is 4. The SMILES string of the molecule is CC(NCc1cccc(F)c1O)c1nnc2ccccn12. The van der Waals surface area contributed by atoms with Crippen molar-refractivity contribution in [3.8, 4) is 5.75 Å². The molecule has 108 valence electrons. The molecule has 2 heterocycles. The number of nitrogens with one attached hydrogen (secondary N) is 1. The van der Waals surface area contributed by atoms with Crippen LogP contribution in [0.1, 0.15) is 24.4 Å². The Bertz CT molecular complexity index is 771. The Morgan fingerprint density at radius 2 is 2.10 bits per heavy atom. The first kappa shape index (κ1) is 13.5. The zero-order valence-electron chi connectivity index (χ0n) is 11.5. The van der Waals surface area contributed by atoms with Gasteiger partial charge >= 0.3 is 0 Å². The maximum atomic E-state index is 13.3. The lowest BCUT2D eigenvalue weighted by Crippen LogP contribution is -2.20. The quantitative estimate of drug-likeness (QED) is 0.773. The second-order valence-corrected chi connectivity index (χ2v) is 4.84. The Labute approximate surface area is 121 Å². The molecule has 3 rings (SSSR count). The maximum absolute atomic E-state index is 13.3. The summed E-state index contributed by atoms with van der Waals surface area (Å²) >= 11 is 0. The molecule has 5 nitrogen and oxygen atoms in total. The van der Waals surface area contributed by atoms with Crippen LogP contribution in [0.2, 0.25) is 0 Å². The molecule has 0 spiro atoms. The van der Waals surface area contributed by atoms with Gasteiger partial charge in [0, 0.05) is 18.3 Å². The summed E-state index contributed by atoms with van der Waals surface area (Å²) in [4.78, 5) is 0. The lowest BCUT2D eigenvalue weighted by atomic mass is 10.2. The number of hydrogen-bond donors (Lipinski definition) is 2. The van der Waals surface area contributed by atoms with Crippen molar-refractivity contribution >= 4 is 5.65 Å². The second kappa shape index (κ2) is 5.49. The number of hydrogen-bond acceptors (Lipinski definition) is 4. The fourth-order valence-corrected chi connectivity index (χ4v) is 2.21. The Morgan fingerprint density at radius 1 is 1.24 bits per heavy atom. The van der Waals surface area contributed by atoms with Gasteiger partial charge < -0.3 is 10.4 Å². The van der Waals surface area contributed by atoms with E-state index in [-0.39, 0.29) is 11.8 Å². The monoisotopic (exact) mass is 286 g/mol. The lowest BCUT2D eigenvalue weighted by Gasteiger charge is -2.13. The van der Waals surface area contributed by atoms with Gasteiger partial charge in [0.15, 0.2) is 23.0 Å². The first-order valence-electron chi connectivity index (χ1n) is 6.66. The standard InChI is InChI=1S/C15H15FN4O/c1-10(15-19-18-13-7-2-3-8-20(13)15)17-9-11-5-4-6-12(16)14(11)21/h2-8,10,17,21H,9H2,1H3. The Hall–Kier alpha value is -2.47. The van der Waals surface area contributed by atoms with Crippen LogP contribution in [-0.2, 0) is 6.54 Å². The third-order valence-corrected chi connectivity index (χ3v) is 3.40. The zero-order valence-corrected chi connectivity index (χ0v) is 11.5. The highest BCUT2D eigenvalue weighted by molar-refractivity contribution is 5.37. The summed E-state index contributed by atoms with van der Waals surface area (Å²) < 4.78 is 15.2. The van der Waals surface area contributed by atoms with Gasteiger partial charge in [-0.3, -0.25) is 4.40 Å². The van der Waals surface area contributed by atoms with Crippen LogP contribution in [0.4, 0.5) is 4.39 Å². The minimum Gasteiger partial charge on any atom is -0.505 e. The van der Waals surface area contributed by atoms with Crippen LogP contribution in [0.15, 0.2) is 42.6 Å². The van der Waals surface area contributed by atoms with Crippen LogP contribution in [0.25, 0.3) is 5.65 Å². The fourth-order valence-electron chi connectivity index (χ4n) is 2.21. The molecular weight excluding hydrogens is 271 g/mol. The molecule has 0 fully saturated rings. The number of benzene rings is 1. The highest BCUT2D eigenvalue weighted by Crippen LogP contribution is 2.21. The second-order valence-electron chi connectivity index (χ2n) is 4.84. The first-order valence-corrected chi connectivity index (χ1v) is 6.66. The normalized spacial score (nSPS) is 12.7. The van der Waals surface area contributed by atoms with E-state index in [0.717, 1.165) is 11.5 Å². The largest absolute Gasteiger partial charge is 0.505 e. The molecule has 6 heteroatoms. The van der Waals surface area contributed by atoms with Crippen LogP contribution < -0.4 is 5.32 Å². The lowest BCUT2D eigenvalue weighted by molar-refractivity contribution is 0.420. The molecule has 1 unspecified atom stereocenters. The van der Waals surface area contributed by atoms with Crippen molar-refractivity contribution in [2.75, 3.05) is 0 Å². The highest BCUT2D eigenvalue weighted by atomic mass is 19.1. The number of nitrogens with zero attached hydrogens (tertiary/aromatic N) is 3. The van der Waals surface area contributed by atoms with Gasteiger partial charge in [-0.05, 0) is 25.1 Å². The van der Waals surface area contributed by atoms with E-state index < -0.39 is 5.82 Å². The summed E-state index contributed by atoms with van der Waals surface area (Å²) in [5.74, 6) is -0.167. The van der Waals surface area contributed by atoms with Gasteiger partial charge in [-0.2, -0.15) is 0 Å². The molecular formula is C15H15FN4O. The van der Waals surface area contributed by atoms with Crippen LogP contribution >= 0.6 is 0 Å². The van der Waals surface area contributed by atoms with E-state index in [1.54, 1.807) is 12.1 Å². The molecule has 0 aliphatic heterocycles. The zero-order chi connectivity index (χ0) is 14.8. The van der Waals surface area contributed by atoms with Crippen molar-refractivity contribution in [1.29, 1.82) is 0 Å². The summed E-state index contributed by atoms with van der Waals surface area (Å²) in [6.45, 7) is 2.28. The predicted octanol–water partition coefficient (Wildman–Crippen LogP) is 2.42.